The van der Waals surface area contributed by atoms with Gasteiger partial charge in [0.2, 0.25) is 5.89 Å². The standard InChI is InChI=1S/C13H15BrN4O2/c1-7-10(5-9(14)6-11(7)15)13(19)16-4-3-12-17-8(2)18-20-12/h5-6H,3-4,15H2,1-2H3,(H,16,19). The highest BCUT2D eigenvalue weighted by atomic mass is 79.9. The Balaban J connectivity index is 1.98. The van der Waals surface area contributed by atoms with E-state index in [0.717, 1.165) is 10.0 Å². The van der Waals surface area contributed by atoms with Crippen LogP contribution in [0.25, 0.3) is 0 Å². The first-order valence-corrected chi connectivity index (χ1v) is 6.89. The maximum Gasteiger partial charge on any atom is 0.251 e. The number of aromatic nitrogens is 2. The van der Waals surface area contributed by atoms with E-state index in [1.54, 1.807) is 19.1 Å². The minimum Gasteiger partial charge on any atom is -0.398 e. The lowest BCUT2D eigenvalue weighted by atomic mass is 10.1. The van der Waals surface area contributed by atoms with Crippen molar-refractivity contribution in [2.75, 3.05) is 12.3 Å². The molecule has 0 aliphatic heterocycles. The lowest BCUT2D eigenvalue weighted by molar-refractivity contribution is 0.0953. The lowest BCUT2D eigenvalue weighted by Crippen LogP contribution is -2.26. The quantitative estimate of drug-likeness (QED) is 0.831. The molecule has 0 atom stereocenters. The van der Waals surface area contributed by atoms with Crippen molar-refractivity contribution in [2.45, 2.75) is 20.3 Å². The number of nitrogens with zero attached hydrogens (tertiary/aromatic N) is 2. The Morgan fingerprint density at radius 3 is 2.85 bits per heavy atom. The van der Waals surface area contributed by atoms with Gasteiger partial charge in [-0.15, -0.1) is 0 Å². The van der Waals surface area contributed by atoms with Gasteiger partial charge in [0.1, 0.15) is 0 Å². The summed E-state index contributed by atoms with van der Waals surface area (Å²) in [6.07, 6.45) is 0.495. The largest absolute Gasteiger partial charge is 0.398 e. The number of amides is 1. The van der Waals surface area contributed by atoms with Gasteiger partial charge < -0.3 is 15.6 Å². The first-order chi connectivity index (χ1) is 9.47. The monoisotopic (exact) mass is 338 g/mol. The Kier molecular flexibility index (Phi) is 4.39. The summed E-state index contributed by atoms with van der Waals surface area (Å²) in [7, 11) is 0. The summed E-state index contributed by atoms with van der Waals surface area (Å²) in [5, 5.41) is 6.50. The second-order valence-electron chi connectivity index (χ2n) is 4.41. The number of hydrogen-bond donors (Lipinski definition) is 2. The molecule has 0 spiro atoms. The van der Waals surface area contributed by atoms with Crippen molar-refractivity contribution in [2.24, 2.45) is 0 Å². The Bertz CT molecular complexity index is 639. The van der Waals surface area contributed by atoms with Crippen molar-refractivity contribution in [3.8, 4) is 0 Å². The summed E-state index contributed by atoms with van der Waals surface area (Å²) >= 11 is 3.33. The fourth-order valence-corrected chi connectivity index (χ4v) is 2.23. The summed E-state index contributed by atoms with van der Waals surface area (Å²) in [6.45, 7) is 3.99. The van der Waals surface area contributed by atoms with Crippen molar-refractivity contribution in [3.05, 3.63) is 39.4 Å². The second-order valence-corrected chi connectivity index (χ2v) is 5.32. The molecule has 1 heterocycles. The van der Waals surface area contributed by atoms with Gasteiger partial charge in [0, 0.05) is 28.7 Å². The molecule has 0 saturated carbocycles. The molecule has 0 aliphatic carbocycles. The maximum absolute atomic E-state index is 12.1. The third-order valence-corrected chi connectivity index (χ3v) is 3.31. The van der Waals surface area contributed by atoms with Crippen molar-refractivity contribution in [1.29, 1.82) is 0 Å². The third-order valence-electron chi connectivity index (χ3n) is 2.85. The predicted octanol–water partition coefficient (Wildman–Crippen LogP) is 2.00. The van der Waals surface area contributed by atoms with Crippen LogP contribution in [-0.2, 0) is 6.42 Å². The number of halogens is 1. The fourth-order valence-electron chi connectivity index (χ4n) is 1.76. The average molecular weight is 339 g/mol. The summed E-state index contributed by atoms with van der Waals surface area (Å²) < 4.78 is 5.75. The van der Waals surface area contributed by atoms with Crippen LogP contribution in [-0.4, -0.2) is 22.6 Å². The van der Waals surface area contributed by atoms with E-state index in [2.05, 4.69) is 31.4 Å². The Morgan fingerprint density at radius 2 is 2.20 bits per heavy atom. The predicted molar refractivity (Wildman–Crippen MR) is 78.4 cm³/mol. The molecular weight excluding hydrogens is 324 g/mol. The van der Waals surface area contributed by atoms with Crippen LogP contribution in [0.15, 0.2) is 21.1 Å². The molecule has 3 N–H and O–H groups in total. The topological polar surface area (TPSA) is 94.0 Å². The van der Waals surface area contributed by atoms with Crippen molar-refractivity contribution >= 4 is 27.5 Å². The van der Waals surface area contributed by atoms with Gasteiger partial charge in [-0.2, -0.15) is 4.98 Å². The Morgan fingerprint density at radius 1 is 1.45 bits per heavy atom. The van der Waals surface area contributed by atoms with Gasteiger partial charge in [0.25, 0.3) is 5.91 Å². The molecule has 0 unspecified atom stereocenters. The SMILES string of the molecule is Cc1noc(CCNC(=O)c2cc(Br)cc(N)c2C)n1. The number of nitrogens with two attached hydrogens (primary N) is 1. The van der Waals surface area contributed by atoms with Gasteiger partial charge in [-0.1, -0.05) is 21.1 Å². The van der Waals surface area contributed by atoms with Gasteiger partial charge in [-0.3, -0.25) is 4.79 Å². The minimum atomic E-state index is -0.174. The van der Waals surface area contributed by atoms with Crippen LogP contribution in [0.5, 0.6) is 0 Å². The molecule has 0 fully saturated rings. The first-order valence-electron chi connectivity index (χ1n) is 6.10. The molecule has 1 aromatic carbocycles. The number of benzene rings is 1. The molecule has 2 aromatic rings. The Labute approximate surface area is 124 Å². The van der Waals surface area contributed by atoms with E-state index in [-0.39, 0.29) is 5.91 Å². The smallest absolute Gasteiger partial charge is 0.251 e. The van der Waals surface area contributed by atoms with Crippen molar-refractivity contribution in [3.63, 3.8) is 0 Å². The number of aryl methyl sites for hydroxylation is 1. The zero-order valence-electron chi connectivity index (χ0n) is 11.2. The second kappa shape index (κ2) is 6.04. The zero-order chi connectivity index (χ0) is 14.7. The van der Waals surface area contributed by atoms with Crippen LogP contribution < -0.4 is 11.1 Å². The van der Waals surface area contributed by atoms with E-state index >= 15 is 0 Å². The molecule has 6 nitrogen and oxygen atoms in total. The highest BCUT2D eigenvalue weighted by Crippen LogP contribution is 2.22. The van der Waals surface area contributed by atoms with Gasteiger partial charge in [-0.25, -0.2) is 0 Å². The minimum absolute atomic E-state index is 0.174. The van der Waals surface area contributed by atoms with Crippen LogP contribution in [0.1, 0.15) is 27.6 Å². The molecule has 20 heavy (non-hydrogen) atoms. The molecule has 0 aliphatic rings. The fraction of sp³-hybridized carbons (Fsp3) is 0.308. The van der Waals surface area contributed by atoms with E-state index in [4.69, 9.17) is 10.3 Å². The number of nitrogens with one attached hydrogen (secondary N) is 1. The number of anilines is 1. The van der Waals surface area contributed by atoms with E-state index in [9.17, 15) is 4.79 Å². The summed E-state index contributed by atoms with van der Waals surface area (Å²) in [6, 6.07) is 3.52. The third kappa shape index (κ3) is 3.36. The van der Waals surface area contributed by atoms with Crippen LogP contribution in [0.4, 0.5) is 5.69 Å². The van der Waals surface area contributed by atoms with Crippen molar-refractivity contribution in [1.82, 2.24) is 15.5 Å². The van der Waals surface area contributed by atoms with Crippen molar-refractivity contribution < 1.29 is 9.32 Å². The summed E-state index contributed by atoms with van der Waals surface area (Å²) in [4.78, 5) is 16.2. The van der Waals surface area contributed by atoms with E-state index in [1.807, 2.05) is 6.92 Å². The zero-order valence-corrected chi connectivity index (χ0v) is 12.8. The first kappa shape index (κ1) is 14.5. The number of rotatable bonds is 4. The van der Waals surface area contributed by atoms with Gasteiger partial charge >= 0.3 is 0 Å². The molecule has 2 rings (SSSR count). The number of nitrogen functional groups attached to an aromatic ring is 1. The number of carbonyl (C=O) groups is 1. The van der Waals surface area contributed by atoms with E-state index in [0.29, 0.717) is 35.9 Å². The van der Waals surface area contributed by atoms with Crippen LogP contribution >= 0.6 is 15.9 Å². The molecule has 106 valence electrons. The maximum atomic E-state index is 12.1. The normalized spacial score (nSPS) is 10.6. The molecule has 0 saturated heterocycles. The van der Waals surface area contributed by atoms with Crippen LogP contribution in [0.2, 0.25) is 0 Å². The number of carbonyl (C=O) groups excluding carboxylic acids is 1. The molecule has 0 bridgehead atoms. The number of hydrogen-bond acceptors (Lipinski definition) is 5. The van der Waals surface area contributed by atoms with E-state index in [1.165, 1.54) is 0 Å². The summed E-state index contributed by atoms with van der Waals surface area (Å²) in [5.74, 6) is 0.918. The molecule has 1 aromatic heterocycles. The van der Waals surface area contributed by atoms with Crippen LogP contribution in [0, 0.1) is 13.8 Å². The lowest BCUT2D eigenvalue weighted by Gasteiger charge is -2.09. The Hall–Kier alpha value is -1.89. The highest BCUT2D eigenvalue weighted by molar-refractivity contribution is 9.10. The summed E-state index contributed by atoms with van der Waals surface area (Å²) in [5.41, 5.74) is 7.74. The molecule has 7 heteroatoms. The van der Waals surface area contributed by atoms with Crippen LogP contribution in [0.3, 0.4) is 0 Å². The average Bonchev–Trinajstić information content (AvgIpc) is 2.79. The highest BCUT2D eigenvalue weighted by Gasteiger charge is 2.12. The van der Waals surface area contributed by atoms with Gasteiger partial charge in [0.15, 0.2) is 5.82 Å². The molecular formula is C13H15BrN4O2. The molecule has 1 amide bonds. The van der Waals surface area contributed by atoms with E-state index < -0.39 is 0 Å². The van der Waals surface area contributed by atoms with Gasteiger partial charge in [0.05, 0.1) is 0 Å². The molecule has 0 radical (unpaired) electrons. The van der Waals surface area contributed by atoms with Gasteiger partial charge in [-0.05, 0) is 31.5 Å².